The van der Waals surface area contributed by atoms with Crippen LogP contribution < -0.4 is 5.32 Å². The molecule has 2 heterocycles. The lowest BCUT2D eigenvalue weighted by Crippen LogP contribution is -2.41. The Balaban J connectivity index is 1.12. The summed E-state index contributed by atoms with van der Waals surface area (Å²) in [4.78, 5) is 31.7. The predicted octanol–water partition coefficient (Wildman–Crippen LogP) is 4.84. The smallest absolute Gasteiger partial charge is 0.227 e. The molecule has 0 aliphatic carbocycles. The molecule has 1 aromatic heterocycles. The number of imidazole rings is 1. The van der Waals surface area contributed by atoms with E-state index in [1.807, 2.05) is 94.7 Å². The number of aryl methyl sites for hydroxylation is 1. The number of para-hydroxylation sites is 2. The topological polar surface area (TPSA) is 67.2 Å². The first-order valence-corrected chi connectivity index (χ1v) is 11.8. The molecule has 0 atom stereocenters. The van der Waals surface area contributed by atoms with Crippen molar-refractivity contribution in [2.45, 2.75) is 25.7 Å². The molecule has 3 aromatic carbocycles. The maximum Gasteiger partial charge on any atom is 0.227 e. The van der Waals surface area contributed by atoms with E-state index in [2.05, 4.69) is 10.3 Å². The fourth-order valence-electron chi connectivity index (χ4n) is 4.56. The molecule has 0 bridgehead atoms. The van der Waals surface area contributed by atoms with Crippen molar-refractivity contribution in [1.82, 2.24) is 14.5 Å². The highest BCUT2D eigenvalue weighted by atomic mass is 16.2. The van der Waals surface area contributed by atoms with E-state index in [9.17, 15) is 9.59 Å². The number of rotatable bonds is 6. The van der Waals surface area contributed by atoms with Gasteiger partial charge in [-0.2, -0.15) is 0 Å². The zero-order valence-electron chi connectivity index (χ0n) is 19.1. The summed E-state index contributed by atoms with van der Waals surface area (Å²) in [7, 11) is 0. The minimum atomic E-state index is -0.0737. The Kier molecular flexibility index (Phi) is 6.38. The molecule has 1 N–H and O–H groups in total. The van der Waals surface area contributed by atoms with E-state index < -0.39 is 0 Å². The number of likely N-dealkylation sites (tertiary alicyclic amines) is 1. The third kappa shape index (κ3) is 4.86. The molecule has 34 heavy (non-hydrogen) atoms. The van der Waals surface area contributed by atoms with Crippen LogP contribution in [0.5, 0.6) is 0 Å². The summed E-state index contributed by atoms with van der Waals surface area (Å²) in [6, 6.07) is 25.9. The Morgan fingerprint density at radius 2 is 1.59 bits per heavy atom. The number of nitrogens with zero attached hydrogens (tertiary/aromatic N) is 3. The summed E-state index contributed by atoms with van der Waals surface area (Å²) in [5, 5.41) is 3.04. The van der Waals surface area contributed by atoms with E-state index in [1.165, 1.54) is 5.56 Å². The maximum atomic E-state index is 12.8. The van der Waals surface area contributed by atoms with Crippen molar-refractivity contribution in [2.24, 2.45) is 5.92 Å². The molecular weight excluding hydrogens is 424 g/mol. The molecule has 6 heteroatoms. The fourth-order valence-corrected chi connectivity index (χ4v) is 4.56. The lowest BCUT2D eigenvalue weighted by molar-refractivity contribution is -0.134. The summed E-state index contributed by atoms with van der Waals surface area (Å²) in [6.07, 6.45) is 4.47. The number of fused-ring (bicyclic) bond motifs is 1. The lowest BCUT2D eigenvalue weighted by atomic mass is 9.95. The van der Waals surface area contributed by atoms with Crippen molar-refractivity contribution in [3.05, 3.63) is 90.8 Å². The van der Waals surface area contributed by atoms with Crippen LogP contribution in [0, 0.1) is 5.92 Å². The molecule has 0 spiro atoms. The number of piperidine rings is 1. The van der Waals surface area contributed by atoms with E-state index in [0.29, 0.717) is 32.4 Å². The standard InChI is InChI=1S/C28H28N4O2/c33-27(15-10-21-6-2-1-3-7-21)31-18-16-22(17-19-31)28(34)30-23-11-13-24(14-12-23)32-20-29-25-8-4-5-9-26(25)32/h1-9,11-14,20,22H,10,15-19H2,(H,30,34). The minimum Gasteiger partial charge on any atom is -0.343 e. The van der Waals surface area contributed by atoms with Gasteiger partial charge in [0.2, 0.25) is 11.8 Å². The molecule has 172 valence electrons. The van der Waals surface area contributed by atoms with Crippen LogP contribution in [0.25, 0.3) is 16.7 Å². The Labute approximate surface area is 199 Å². The van der Waals surface area contributed by atoms with Crippen LogP contribution in [-0.2, 0) is 16.0 Å². The summed E-state index contributed by atoms with van der Waals surface area (Å²) in [5.41, 5.74) is 4.94. The van der Waals surface area contributed by atoms with Gasteiger partial charge in [-0.3, -0.25) is 14.2 Å². The summed E-state index contributed by atoms with van der Waals surface area (Å²) in [5.74, 6) is 0.123. The second kappa shape index (κ2) is 9.91. The van der Waals surface area contributed by atoms with E-state index in [1.54, 1.807) is 0 Å². The van der Waals surface area contributed by atoms with Crippen molar-refractivity contribution in [1.29, 1.82) is 0 Å². The molecular formula is C28H28N4O2. The normalized spacial score (nSPS) is 14.3. The minimum absolute atomic E-state index is 0.0252. The largest absolute Gasteiger partial charge is 0.343 e. The number of carbonyl (C=O) groups is 2. The van der Waals surface area contributed by atoms with Gasteiger partial charge in [-0.1, -0.05) is 42.5 Å². The number of nitrogens with one attached hydrogen (secondary N) is 1. The van der Waals surface area contributed by atoms with E-state index in [4.69, 9.17) is 0 Å². The average Bonchev–Trinajstić information content (AvgIpc) is 3.33. The average molecular weight is 453 g/mol. The third-order valence-electron chi connectivity index (χ3n) is 6.56. The molecule has 0 saturated carbocycles. The van der Waals surface area contributed by atoms with E-state index >= 15 is 0 Å². The summed E-state index contributed by atoms with van der Waals surface area (Å²) >= 11 is 0. The van der Waals surface area contributed by atoms with Crippen molar-refractivity contribution < 1.29 is 9.59 Å². The Morgan fingerprint density at radius 1 is 0.882 bits per heavy atom. The zero-order valence-corrected chi connectivity index (χ0v) is 19.1. The monoisotopic (exact) mass is 452 g/mol. The van der Waals surface area contributed by atoms with Crippen molar-refractivity contribution >= 4 is 28.5 Å². The van der Waals surface area contributed by atoms with Gasteiger partial charge in [0, 0.05) is 36.8 Å². The third-order valence-corrected chi connectivity index (χ3v) is 6.56. The van der Waals surface area contributed by atoms with Crippen LogP contribution >= 0.6 is 0 Å². The van der Waals surface area contributed by atoms with Gasteiger partial charge >= 0.3 is 0 Å². The Hall–Kier alpha value is -3.93. The number of hydrogen-bond donors (Lipinski definition) is 1. The summed E-state index contributed by atoms with van der Waals surface area (Å²) in [6.45, 7) is 1.27. The SMILES string of the molecule is O=C(Nc1ccc(-n2cnc3ccccc32)cc1)C1CCN(C(=O)CCc2ccccc2)CC1. The predicted molar refractivity (Wildman–Crippen MR) is 134 cm³/mol. The highest BCUT2D eigenvalue weighted by molar-refractivity contribution is 5.93. The number of anilines is 1. The Morgan fingerprint density at radius 3 is 2.35 bits per heavy atom. The van der Waals surface area contributed by atoms with E-state index in [-0.39, 0.29) is 17.7 Å². The molecule has 2 amide bonds. The fraction of sp³-hybridized carbons (Fsp3) is 0.250. The lowest BCUT2D eigenvalue weighted by Gasteiger charge is -2.31. The van der Waals surface area contributed by atoms with Gasteiger partial charge in [0.25, 0.3) is 0 Å². The second-order valence-electron chi connectivity index (χ2n) is 8.78. The van der Waals surface area contributed by atoms with Crippen molar-refractivity contribution in [3.63, 3.8) is 0 Å². The van der Waals surface area contributed by atoms with Crippen molar-refractivity contribution in [2.75, 3.05) is 18.4 Å². The quantitative estimate of drug-likeness (QED) is 0.455. The van der Waals surface area contributed by atoms with Crippen LogP contribution in [0.1, 0.15) is 24.8 Å². The van der Waals surface area contributed by atoms with Gasteiger partial charge in [0.05, 0.1) is 11.0 Å². The molecule has 0 unspecified atom stereocenters. The van der Waals surface area contributed by atoms with Gasteiger partial charge in [-0.15, -0.1) is 0 Å². The molecule has 5 rings (SSSR count). The maximum absolute atomic E-state index is 12.8. The molecule has 0 radical (unpaired) electrons. The highest BCUT2D eigenvalue weighted by Gasteiger charge is 2.27. The molecule has 4 aromatic rings. The van der Waals surface area contributed by atoms with Crippen LogP contribution in [0.4, 0.5) is 5.69 Å². The van der Waals surface area contributed by atoms with Gasteiger partial charge in [0.1, 0.15) is 6.33 Å². The number of benzene rings is 3. The molecule has 1 aliphatic rings. The number of carbonyl (C=O) groups excluding carboxylic acids is 2. The first-order valence-electron chi connectivity index (χ1n) is 11.8. The van der Waals surface area contributed by atoms with Crippen LogP contribution in [-0.4, -0.2) is 39.4 Å². The van der Waals surface area contributed by atoms with Gasteiger partial charge in [0.15, 0.2) is 0 Å². The van der Waals surface area contributed by atoms with E-state index in [0.717, 1.165) is 28.8 Å². The summed E-state index contributed by atoms with van der Waals surface area (Å²) < 4.78 is 2.03. The molecule has 1 fully saturated rings. The van der Waals surface area contributed by atoms with Crippen LogP contribution in [0.2, 0.25) is 0 Å². The number of amides is 2. The first kappa shape index (κ1) is 21.9. The molecule has 1 saturated heterocycles. The van der Waals surface area contributed by atoms with Crippen LogP contribution in [0.3, 0.4) is 0 Å². The Bertz CT molecular complexity index is 1270. The van der Waals surface area contributed by atoms with Crippen molar-refractivity contribution in [3.8, 4) is 5.69 Å². The second-order valence-corrected chi connectivity index (χ2v) is 8.78. The van der Waals surface area contributed by atoms with Gasteiger partial charge in [-0.25, -0.2) is 4.98 Å². The van der Waals surface area contributed by atoms with Gasteiger partial charge in [-0.05, 0) is 61.2 Å². The van der Waals surface area contributed by atoms with Gasteiger partial charge < -0.3 is 10.2 Å². The highest BCUT2D eigenvalue weighted by Crippen LogP contribution is 2.23. The zero-order chi connectivity index (χ0) is 23.3. The van der Waals surface area contributed by atoms with Crippen LogP contribution in [0.15, 0.2) is 85.2 Å². The first-order chi connectivity index (χ1) is 16.7. The number of aromatic nitrogens is 2. The molecule has 6 nitrogen and oxygen atoms in total. The number of hydrogen-bond acceptors (Lipinski definition) is 3. The molecule has 1 aliphatic heterocycles.